The fourth-order valence-corrected chi connectivity index (χ4v) is 1.70. The minimum absolute atomic E-state index is 0.0540. The molecule has 6 nitrogen and oxygen atoms in total. The molecule has 2 rings (SSSR count). The highest BCUT2D eigenvalue weighted by Crippen LogP contribution is 2.08. The Kier molecular flexibility index (Phi) is 4.60. The van der Waals surface area contributed by atoms with Crippen molar-refractivity contribution in [2.45, 2.75) is 19.8 Å². The summed E-state index contributed by atoms with van der Waals surface area (Å²) in [6.07, 6.45) is 5.15. The molecule has 1 N–H and O–H groups in total. The smallest absolute Gasteiger partial charge is 0.354 e. The number of aryl methyl sites for hydroxylation is 2. The molecule has 0 unspecified atom stereocenters. The Hall–Kier alpha value is -2.50. The zero-order valence-electron chi connectivity index (χ0n) is 11.1. The monoisotopic (exact) mass is 273 g/mol. The van der Waals surface area contributed by atoms with Gasteiger partial charge in [0.25, 0.3) is 0 Å². The second-order valence-corrected chi connectivity index (χ2v) is 4.29. The number of carboxylic acids is 1. The summed E-state index contributed by atoms with van der Waals surface area (Å²) >= 11 is 0. The van der Waals surface area contributed by atoms with Crippen molar-refractivity contribution in [3.8, 4) is 6.01 Å². The van der Waals surface area contributed by atoms with Crippen LogP contribution in [0.5, 0.6) is 6.01 Å². The van der Waals surface area contributed by atoms with Gasteiger partial charge in [-0.15, -0.1) is 0 Å². The molecular formula is C14H15N3O3. The van der Waals surface area contributed by atoms with Gasteiger partial charge in [0.1, 0.15) is 0 Å². The summed E-state index contributed by atoms with van der Waals surface area (Å²) in [7, 11) is 0. The normalized spacial score (nSPS) is 10.2. The lowest BCUT2D eigenvalue weighted by Crippen LogP contribution is -2.08. The first kappa shape index (κ1) is 13.9. The van der Waals surface area contributed by atoms with Gasteiger partial charge in [-0.2, -0.15) is 4.98 Å². The Morgan fingerprint density at radius 3 is 2.75 bits per heavy atom. The number of carboxylic acid groups (broad SMARTS) is 1. The van der Waals surface area contributed by atoms with Crippen molar-refractivity contribution < 1.29 is 14.6 Å². The zero-order valence-corrected chi connectivity index (χ0v) is 11.1. The molecule has 0 fully saturated rings. The van der Waals surface area contributed by atoms with Crippen LogP contribution >= 0.6 is 0 Å². The fraction of sp³-hybridized carbons (Fsp3) is 0.286. The topological polar surface area (TPSA) is 85.2 Å². The summed E-state index contributed by atoms with van der Waals surface area (Å²) in [5.41, 5.74) is 1.70. The third-order valence-electron chi connectivity index (χ3n) is 2.64. The summed E-state index contributed by atoms with van der Waals surface area (Å²) in [4.78, 5) is 22.7. The number of nitrogens with zero attached hydrogens (tertiary/aromatic N) is 3. The van der Waals surface area contributed by atoms with Crippen molar-refractivity contribution >= 4 is 5.97 Å². The summed E-state index contributed by atoms with van der Waals surface area (Å²) in [6.45, 7) is 2.14. The molecule has 0 aromatic carbocycles. The van der Waals surface area contributed by atoms with Gasteiger partial charge in [0.15, 0.2) is 5.69 Å². The van der Waals surface area contributed by atoms with Crippen LogP contribution in [0.25, 0.3) is 0 Å². The van der Waals surface area contributed by atoms with Crippen LogP contribution in [0, 0.1) is 6.92 Å². The highest BCUT2D eigenvalue weighted by molar-refractivity contribution is 5.85. The predicted molar refractivity (Wildman–Crippen MR) is 71.8 cm³/mol. The van der Waals surface area contributed by atoms with E-state index in [-0.39, 0.29) is 11.7 Å². The molecule has 0 atom stereocenters. The molecule has 2 heterocycles. The summed E-state index contributed by atoms with van der Waals surface area (Å²) < 4.78 is 5.40. The molecule has 0 saturated carbocycles. The maximum Gasteiger partial charge on any atom is 0.354 e. The molecule has 0 saturated heterocycles. The van der Waals surface area contributed by atoms with E-state index in [2.05, 4.69) is 15.0 Å². The lowest BCUT2D eigenvalue weighted by Gasteiger charge is -2.06. The molecule has 104 valence electrons. The van der Waals surface area contributed by atoms with Crippen LogP contribution < -0.4 is 4.74 Å². The number of hydrogen-bond donors (Lipinski definition) is 1. The molecule has 0 aliphatic carbocycles. The first-order valence-electron chi connectivity index (χ1n) is 6.26. The van der Waals surface area contributed by atoms with Gasteiger partial charge in [-0.05, 0) is 43.5 Å². The molecule has 0 bridgehead atoms. The van der Waals surface area contributed by atoms with E-state index in [1.807, 2.05) is 12.1 Å². The van der Waals surface area contributed by atoms with Gasteiger partial charge >= 0.3 is 12.0 Å². The molecule has 0 spiro atoms. The Balaban J connectivity index is 1.86. The molecule has 0 amide bonds. The number of ether oxygens (including phenoxy) is 1. The minimum Gasteiger partial charge on any atom is -0.477 e. The molecule has 2 aromatic rings. The second kappa shape index (κ2) is 6.60. The van der Waals surface area contributed by atoms with Crippen molar-refractivity contribution in [1.29, 1.82) is 0 Å². The molecular weight excluding hydrogens is 258 g/mol. The van der Waals surface area contributed by atoms with Crippen LogP contribution in [0.3, 0.4) is 0 Å². The van der Waals surface area contributed by atoms with Crippen molar-refractivity contribution in [1.82, 2.24) is 15.0 Å². The van der Waals surface area contributed by atoms with Gasteiger partial charge in [0, 0.05) is 18.1 Å². The maximum atomic E-state index is 10.9. The molecule has 6 heteroatoms. The van der Waals surface area contributed by atoms with Crippen LogP contribution in [0.2, 0.25) is 0 Å². The molecule has 2 aromatic heterocycles. The first-order chi connectivity index (χ1) is 9.65. The van der Waals surface area contributed by atoms with Crippen LogP contribution in [0.1, 0.15) is 28.2 Å². The average molecular weight is 273 g/mol. The van der Waals surface area contributed by atoms with Crippen LogP contribution in [0.4, 0.5) is 0 Å². The van der Waals surface area contributed by atoms with Crippen molar-refractivity contribution in [3.63, 3.8) is 0 Å². The lowest BCUT2D eigenvalue weighted by molar-refractivity contribution is 0.0688. The molecule has 0 radical (unpaired) electrons. The number of pyridine rings is 1. The second-order valence-electron chi connectivity index (χ2n) is 4.29. The van der Waals surface area contributed by atoms with Gasteiger partial charge in [0.2, 0.25) is 0 Å². The van der Waals surface area contributed by atoms with Crippen molar-refractivity contribution in [2.24, 2.45) is 0 Å². The fourth-order valence-electron chi connectivity index (χ4n) is 1.70. The third kappa shape index (κ3) is 4.01. The summed E-state index contributed by atoms with van der Waals surface area (Å²) in [6, 6.07) is 5.42. The maximum absolute atomic E-state index is 10.9. The summed E-state index contributed by atoms with van der Waals surface area (Å²) in [5.74, 6) is -1.09. The molecule has 0 aliphatic rings. The van der Waals surface area contributed by atoms with E-state index in [1.165, 1.54) is 11.6 Å². The molecule has 0 aliphatic heterocycles. The van der Waals surface area contributed by atoms with Gasteiger partial charge < -0.3 is 9.84 Å². The Morgan fingerprint density at radius 2 is 2.05 bits per heavy atom. The number of aromatic nitrogens is 3. The van der Waals surface area contributed by atoms with Crippen LogP contribution in [0.15, 0.2) is 30.6 Å². The Morgan fingerprint density at radius 1 is 1.30 bits per heavy atom. The number of carbonyl (C=O) groups is 1. The molecule has 20 heavy (non-hydrogen) atoms. The SMILES string of the molecule is Cc1cc(C(=O)O)nc(OCCCc2ccncc2)n1. The van der Waals surface area contributed by atoms with E-state index >= 15 is 0 Å². The van der Waals surface area contributed by atoms with E-state index in [4.69, 9.17) is 9.84 Å². The van der Waals surface area contributed by atoms with Crippen LogP contribution in [-0.2, 0) is 6.42 Å². The first-order valence-corrected chi connectivity index (χ1v) is 6.26. The van der Waals surface area contributed by atoms with Crippen molar-refractivity contribution in [2.75, 3.05) is 6.61 Å². The van der Waals surface area contributed by atoms with E-state index in [0.29, 0.717) is 12.3 Å². The van der Waals surface area contributed by atoms with Gasteiger partial charge in [-0.3, -0.25) is 4.98 Å². The van der Waals surface area contributed by atoms with Gasteiger partial charge in [0.05, 0.1) is 6.61 Å². The van der Waals surface area contributed by atoms with E-state index in [0.717, 1.165) is 12.8 Å². The standard InChI is InChI=1S/C14H15N3O3/c1-10-9-12(13(18)19)17-14(16-10)20-8-2-3-11-4-6-15-7-5-11/h4-7,9H,2-3,8H2,1H3,(H,18,19). The van der Waals surface area contributed by atoms with Crippen molar-refractivity contribution in [3.05, 3.63) is 47.5 Å². The van der Waals surface area contributed by atoms with E-state index in [9.17, 15) is 4.79 Å². The van der Waals surface area contributed by atoms with E-state index in [1.54, 1.807) is 19.3 Å². The average Bonchev–Trinajstić information content (AvgIpc) is 2.44. The number of rotatable bonds is 6. The predicted octanol–water partition coefficient (Wildman–Crippen LogP) is 1.89. The third-order valence-corrected chi connectivity index (χ3v) is 2.64. The van der Waals surface area contributed by atoms with E-state index < -0.39 is 5.97 Å². The van der Waals surface area contributed by atoms with Gasteiger partial charge in [-0.1, -0.05) is 0 Å². The minimum atomic E-state index is -1.09. The quantitative estimate of drug-likeness (QED) is 0.809. The lowest BCUT2D eigenvalue weighted by atomic mass is 10.1. The van der Waals surface area contributed by atoms with Crippen LogP contribution in [-0.4, -0.2) is 32.6 Å². The Bertz CT molecular complexity index is 587. The van der Waals surface area contributed by atoms with Gasteiger partial charge in [-0.25, -0.2) is 9.78 Å². The number of hydrogen-bond acceptors (Lipinski definition) is 5. The number of aromatic carboxylic acids is 1. The summed E-state index contributed by atoms with van der Waals surface area (Å²) in [5, 5.41) is 8.90. The largest absolute Gasteiger partial charge is 0.477 e. The highest BCUT2D eigenvalue weighted by Gasteiger charge is 2.09. The Labute approximate surface area is 116 Å². The highest BCUT2D eigenvalue weighted by atomic mass is 16.5. The zero-order chi connectivity index (χ0) is 14.4.